The number of fused-ring (bicyclic) bond motifs is 1. The number of para-hydroxylation sites is 1. The highest BCUT2D eigenvalue weighted by molar-refractivity contribution is 5.95. The number of nitrogens with zero attached hydrogens (tertiary/aromatic N) is 6. The summed E-state index contributed by atoms with van der Waals surface area (Å²) in [6.45, 7) is 0.415. The normalized spacial score (nSPS) is 13.8. The van der Waals surface area contributed by atoms with Crippen molar-refractivity contribution in [3.63, 3.8) is 0 Å². The van der Waals surface area contributed by atoms with Crippen LogP contribution in [0.15, 0.2) is 42.6 Å². The Morgan fingerprint density at radius 2 is 1.88 bits per heavy atom. The van der Waals surface area contributed by atoms with E-state index in [0.29, 0.717) is 35.0 Å². The molecule has 0 spiro atoms. The molecule has 0 bridgehead atoms. The number of rotatable bonds is 5. The highest BCUT2D eigenvalue weighted by atomic mass is 19.4. The highest BCUT2D eigenvalue weighted by Gasteiger charge is 2.57. The van der Waals surface area contributed by atoms with Gasteiger partial charge in [-0.25, -0.2) is 14.6 Å². The molecule has 0 aliphatic carbocycles. The van der Waals surface area contributed by atoms with Crippen LogP contribution in [0.25, 0.3) is 22.3 Å². The summed E-state index contributed by atoms with van der Waals surface area (Å²) < 4.78 is 46.6. The summed E-state index contributed by atoms with van der Waals surface area (Å²) in [5.74, 6) is 0.483. The molecule has 1 atom stereocenters. The lowest BCUT2D eigenvalue weighted by molar-refractivity contribution is -0.918. The molecular weight excluding hydrogens is 443 g/mol. The van der Waals surface area contributed by atoms with Gasteiger partial charge in [-0.2, -0.15) is 13.2 Å². The van der Waals surface area contributed by atoms with Crippen LogP contribution in [0.4, 0.5) is 19.1 Å². The Morgan fingerprint density at radius 1 is 1.15 bits per heavy atom. The van der Waals surface area contributed by atoms with E-state index in [0.717, 1.165) is 6.07 Å². The van der Waals surface area contributed by atoms with Crippen molar-refractivity contribution in [3.05, 3.63) is 54.0 Å². The van der Waals surface area contributed by atoms with Crippen LogP contribution < -0.4 is 15.2 Å². The van der Waals surface area contributed by atoms with E-state index < -0.39 is 17.5 Å². The number of ether oxygens (including phenoxy) is 1. The number of pyridine rings is 1. The van der Waals surface area contributed by atoms with Crippen molar-refractivity contribution < 1.29 is 33.0 Å². The largest absolute Gasteiger partial charge is 0.494 e. The third-order valence-corrected chi connectivity index (χ3v) is 5.13. The van der Waals surface area contributed by atoms with Crippen LogP contribution in [-0.2, 0) is 12.1 Å². The molecule has 0 fully saturated rings. The fraction of sp³-hybridized carbons (Fsp3) is 0.250. The smallest absolute Gasteiger partial charge is 0.427 e. The molecule has 33 heavy (non-hydrogen) atoms. The maximum Gasteiger partial charge on any atom is 0.427 e. The molecule has 4 N–H and O–H groups in total. The molecule has 0 unspecified atom stereocenters. The fourth-order valence-electron chi connectivity index (χ4n) is 3.33. The summed E-state index contributed by atoms with van der Waals surface area (Å²) in [6.07, 6.45) is -3.50. The number of hydrogen-bond donors (Lipinski definition) is 3. The van der Waals surface area contributed by atoms with Gasteiger partial charge in [0.05, 0.1) is 13.3 Å². The second-order valence-electron chi connectivity index (χ2n) is 7.37. The van der Waals surface area contributed by atoms with E-state index in [2.05, 4.69) is 20.3 Å². The van der Waals surface area contributed by atoms with Crippen LogP contribution in [0.5, 0.6) is 5.75 Å². The van der Waals surface area contributed by atoms with Gasteiger partial charge in [0.15, 0.2) is 0 Å². The number of halogens is 3. The molecule has 4 aromatic rings. The summed E-state index contributed by atoms with van der Waals surface area (Å²) in [4.78, 5) is 8.45. The van der Waals surface area contributed by atoms with Gasteiger partial charge in [0.2, 0.25) is 11.5 Å². The van der Waals surface area contributed by atoms with Crippen molar-refractivity contribution >= 4 is 16.9 Å². The number of methoxy groups -OCH3 is 1. The second kappa shape index (κ2) is 7.85. The van der Waals surface area contributed by atoms with Gasteiger partial charge in [-0.3, -0.25) is 5.21 Å². The monoisotopic (exact) mass is 462 g/mol. The molecule has 1 aromatic carbocycles. The zero-order chi connectivity index (χ0) is 24.0. The van der Waals surface area contributed by atoms with Gasteiger partial charge in [-0.05, 0) is 19.1 Å². The zero-order valence-corrected chi connectivity index (χ0v) is 17.4. The van der Waals surface area contributed by atoms with Crippen molar-refractivity contribution in [1.82, 2.24) is 25.0 Å². The van der Waals surface area contributed by atoms with Crippen molar-refractivity contribution in [3.8, 4) is 17.1 Å². The number of aromatic nitrogens is 6. The first kappa shape index (κ1) is 22.2. The minimum Gasteiger partial charge on any atom is -0.494 e. The van der Waals surface area contributed by atoms with Crippen LogP contribution in [-0.4, -0.2) is 48.6 Å². The van der Waals surface area contributed by atoms with E-state index in [4.69, 9.17) is 10.5 Å². The third-order valence-electron chi connectivity index (χ3n) is 5.13. The van der Waals surface area contributed by atoms with E-state index in [-0.39, 0.29) is 22.9 Å². The third kappa shape index (κ3) is 3.86. The van der Waals surface area contributed by atoms with Gasteiger partial charge >= 0.3 is 6.18 Å². The first-order valence-corrected chi connectivity index (χ1v) is 9.56. The van der Waals surface area contributed by atoms with Crippen LogP contribution in [0.1, 0.15) is 18.3 Å². The Labute approximate surface area is 184 Å². The maximum absolute atomic E-state index is 13.2. The summed E-state index contributed by atoms with van der Waals surface area (Å²) in [5.41, 5.74) is 3.06. The average Bonchev–Trinajstić information content (AvgIpc) is 3.21. The fourth-order valence-corrected chi connectivity index (χ4v) is 3.33. The van der Waals surface area contributed by atoms with E-state index in [1.165, 1.54) is 30.1 Å². The minimum absolute atomic E-state index is 0.00756. The SMILES string of the molecule is COc1cccc2c(-c3cn(Cc4cccc([C@](C)(O)C(F)(F)F)[n+]4O)nn3)nc(N)nc12. The lowest BCUT2D eigenvalue weighted by Gasteiger charge is -2.22. The molecule has 0 radical (unpaired) electrons. The van der Waals surface area contributed by atoms with Crippen molar-refractivity contribution in [2.45, 2.75) is 25.2 Å². The molecular formula is C20H19F3N7O3+. The maximum atomic E-state index is 13.2. The highest BCUT2D eigenvalue weighted by Crippen LogP contribution is 2.37. The Balaban J connectivity index is 1.72. The van der Waals surface area contributed by atoms with Crippen molar-refractivity contribution in [2.24, 2.45) is 0 Å². The molecule has 3 heterocycles. The van der Waals surface area contributed by atoms with Crippen LogP contribution in [0.2, 0.25) is 0 Å². The van der Waals surface area contributed by atoms with Gasteiger partial charge in [-0.15, -0.1) is 5.10 Å². The summed E-state index contributed by atoms with van der Waals surface area (Å²) in [6, 6.07) is 8.89. The predicted octanol–water partition coefficient (Wildman–Crippen LogP) is 1.82. The molecule has 13 heteroatoms. The quantitative estimate of drug-likeness (QED) is 0.302. The van der Waals surface area contributed by atoms with Gasteiger partial charge in [0.1, 0.15) is 29.2 Å². The molecule has 4 rings (SSSR count). The van der Waals surface area contributed by atoms with Crippen molar-refractivity contribution in [2.75, 3.05) is 12.8 Å². The molecule has 3 aromatic heterocycles. The van der Waals surface area contributed by atoms with Crippen LogP contribution >= 0.6 is 0 Å². The van der Waals surface area contributed by atoms with Gasteiger partial charge in [-0.1, -0.05) is 17.3 Å². The average molecular weight is 462 g/mol. The Hall–Kier alpha value is -4.00. The molecule has 0 amide bonds. The first-order valence-electron chi connectivity index (χ1n) is 9.56. The predicted molar refractivity (Wildman–Crippen MR) is 108 cm³/mol. The number of nitrogens with two attached hydrogens (primary N) is 1. The zero-order valence-electron chi connectivity index (χ0n) is 17.4. The standard InChI is InChI=1S/C20H19F3N7O3/c1-19(31,20(21,22)23)15-8-3-5-11(30(15)32)9-29-10-13(27-28-29)16-12-6-4-7-14(33-2)17(12)26-18(24)25-16/h3-8,10,31-32H,9H2,1-2H3,(H2,24,25,26)/q+1/t19-/m0/s1. The summed E-state index contributed by atoms with van der Waals surface area (Å²) in [7, 11) is 1.50. The van der Waals surface area contributed by atoms with Gasteiger partial charge < -0.3 is 15.6 Å². The lowest BCUT2D eigenvalue weighted by atomic mass is 10.0. The van der Waals surface area contributed by atoms with E-state index in [9.17, 15) is 23.5 Å². The number of nitrogen functional groups attached to an aromatic ring is 1. The van der Waals surface area contributed by atoms with E-state index >= 15 is 0 Å². The Morgan fingerprint density at radius 3 is 2.58 bits per heavy atom. The Kier molecular flexibility index (Phi) is 5.28. The molecule has 172 valence electrons. The molecule has 0 aliphatic rings. The number of aliphatic hydroxyl groups is 1. The van der Waals surface area contributed by atoms with Crippen molar-refractivity contribution in [1.29, 1.82) is 0 Å². The molecule has 0 aliphatic heterocycles. The lowest BCUT2D eigenvalue weighted by Crippen LogP contribution is -2.52. The van der Waals surface area contributed by atoms with E-state index in [1.54, 1.807) is 18.2 Å². The molecule has 0 saturated heterocycles. The minimum atomic E-state index is -4.99. The topological polar surface area (TPSA) is 136 Å². The second-order valence-corrected chi connectivity index (χ2v) is 7.37. The molecule has 10 nitrogen and oxygen atoms in total. The summed E-state index contributed by atoms with van der Waals surface area (Å²) >= 11 is 0. The first-order chi connectivity index (χ1) is 15.5. The van der Waals surface area contributed by atoms with Crippen LogP contribution in [0, 0.1) is 0 Å². The number of benzene rings is 1. The number of hydrogen-bond acceptors (Lipinski definition) is 8. The number of alkyl halides is 3. The Bertz CT molecular complexity index is 1340. The van der Waals surface area contributed by atoms with Gasteiger partial charge in [0.25, 0.3) is 11.4 Å². The summed E-state index contributed by atoms with van der Waals surface area (Å²) in [5, 5.41) is 28.9. The van der Waals surface area contributed by atoms with Gasteiger partial charge in [0, 0.05) is 22.2 Å². The van der Waals surface area contributed by atoms with E-state index in [1.807, 2.05) is 0 Å². The van der Waals surface area contributed by atoms with Crippen LogP contribution in [0.3, 0.4) is 0 Å². The number of anilines is 1. The molecule has 0 saturated carbocycles.